The summed E-state index contributed by atoms with van der Waals surface area (Å²) in [7, 11) is 1.58. The summed E-state index contributed by atoms with van der Waals surface area (Å²) in [4.78, 5) is 41.3. The molecule has 30 heavy (non-hydrogen) atoms. The second-order valence-electron chi connectivity index (χ2n) is 8.26. The van der Waals surface area contributed by atoms with Crippen LogP contribution < -0.4 is 10.6 Å². The molecule has 3 saturated heterocycles. The lowest BCUT2D eigenvalue weighted by Crippen LogP contribution is -2.56. The van der Waals surface area contributed by atoms with Crippen LogP contribution in [-0.4, -0.2) is 68.3 Å². The largest absolute Gasteiger partial charge is 0.394 e. The molecule has 2 bridgehead atoms. The fraction of sp³-hybridized carbons (Fsp3) is 0.571. The number of nitrogens with zero attached hydrogens (tertiary/aromatic N) is 1. The summed E-state index contributed by atoms with van der Waals surface area (Å²) < 4.78 is -0.683. The molecule has 0 aromatic heterocycles. The molecule has 9 heteroatoms. The molecule has 0 saturated carbocycles. The van der Waals surface area contributed by atoms with Gasteiger partial charge in [0.15, 0.2) is 0 Å². The Morgan fingerprint density at radius 1 is 1.33 bits per heavy atom. The predicted octanol–water partition coefficient (Wildman–Crippen LogP) is 0.894. The van der Waals surface area contributed by atoms with Crippen LogP contribution in [0.15, 0.2) is 30.3 Å². The Bertz CT molecular complexity index is 856. The van der Waals surface area contributed by atoms with Crippen LogP contribution in [0, 0.1) is 11.8 Å². The van der Waals surface area contributed by atoms with Gasteiger partial charge in [0.1, 0.15) is 6.04 Å². The van der Waals surface area contributed by atoms with Crippen LogP contribution in [0.5, 0.6) is 0 Å². The number of aliphatic hydroxyl groups is 1. The SMILES string of the molecule is CNC(=O)[C@H]1[C@@H]2SC3(CC2Br)C(C(=O)NCc2ccccc2)N([C@H](C)CO)C(=O)[C@H]13. The molecule has 3 aliphatic rings. The number of carbonyl (C=O) groups is 3. The second-order valence-corrected chi connectivity index (χ2v) is 11.0. The monoisotopic (exact) mass is 495 g/mol. The van der Waals surface area contributed by atoms with Crippen molar-refractivity contribution < 1.29 is 19.5 Å². The van der Waals surface area contributed by atoms with Crippen molar-refractivity contribution in [3.8, 4) is 0 Å². The first-order valence-electron chi connectivity index (χ1n) is 10.1. The molecule has 4 rings (SSSR count). The number of likely N-dealkylation sites (tertiary alicyclic amines) is 1. The summed E-state index contributed by atoms with van der Waals surface area (Å²) in [6, 6.07) is 8.36. The van der Waals surface area contributed by atoms with E-state index in [0.29, 0.717) is 13.0 Å². The van der Waals surface area contributed by atoms with E-state index in [1.165, 1.54) is 4.90 Å². The zero-order valence-corrected chi connectivity index (χ0v) is 19.3. The number of amides is 3. The van der Waals surface area contributed by atoms with Crippen LogP contribution in [0.4, 0.5) is 0 Å². The smallest absolute Gasteiger partial charge is 0.244 e. The lowest BCUT2D eigenvalue weighted by atomic mass is 9.70. The van der Waals surface area contributed by atoms with E-state index in [9.17, 15) is 19.5 Å². The number of fused-ring (bicyclic) bond motifs is 1. The van der Waals surface area contributed by atoms with Gasteiger partial charge in [-0.1, -0.05) is 46.3 Å². The maximum absolute atomic E-state index is 13.5. The zero-order chi connectivity index (χ0) is 21.6. The molecule has 3 heterocycles. The molecule has 3 amide bonds. The molecule has 0 aliphatic carbocycles. The molecule has 0 radical (unpaired) electrons. The average molecular weight is 496 g/mol. The van der Waals surface area contributed by atoms with Gasteiger partial charge in [0.25, 0.3) is 0 Å². The topological polar surface area (TPSA) is 98.7 Å². The van der Waals surface area contributed by atoms with E-state index in [1.807, 2.05) is 30.3 Å². The van der Waals surface area contributed by atoms with Gasteiger partial charge >= 0.3 is 0 Å². The molecule has 1 aromatic carbocycles. The molecule has 3 unspecified atom stereocenters. The highest BCUT2D eigenvalue weighted by molar-refractivity contribution is 9.09. The number of carbonyl (C=O) groups excluding carboxylic acids is 3. The van der Waals surface area contributed by atoms with Gasteiger partial charge in [0, 0.05) is 23.7 Å². The van der Waals surface area contributed by atoms with Gasteiger partial charge in [-0.3, -0.25) is 14.4 Å². The highest BCUT2D eigenvalue weighted by Gasteiger charge is 2.75. The van der Waals surface area contributed by atoms with E-state index in [2.05, 4.69) is 26.6 Å². The summed E-state index contributed by atoms with van der Waals surface area (Å²) in [6.07, 6.45) is 0.629. The molecule has 7 nitrogen and oxygen atoms in total. The fourth-order valence-electron chi connectivity index (χ4n) is 5.28. The van der Waals surface area contributed by atoms with Gasteiger partial charge in [-0.15, -0.1) is 11.8 Å². The van der Waals surface area contributed by atoms with E-state index in [1.54, 1.807) is 25.7 Å². The first-order chi connectivity index (χ1) is 14.4. The van der Waals surface area contributed by atoms with E-state index in [-0.39, 0.29) is 34.4 Å². The third-order valence-electron chi connectivity index (χ3n) is 6.57. The summed E-state index contributed by atoms with van der Waals surface area (Å²) in [5.74, 6) is -1.67. The highest BCUT2D eigenvalue weighted by atomic mass is 79.9. The van der Waals surface area contributed by atoms with Crippen LogP contribution in [0.3, 0.4) is 0 Å². The Morgan fingerprint density at radius 2 is 2.03 bits per heavy atom. The summed E-state index contributed by atoms with van der Waals surface area (Å²) in [6.45, 7) is 1.86. The molecule has 1 spiro atoms. The Kier molecular flexibility index (Phi) is 5.89. The van der Waals surface area contributed by atoms with Crippen molar-refractivity contribution >= 4 is 45.4 Å². The van der Waals surface area contributed by atoms with Crippen molar-refractivity contribution in [2.24, 2.45) is 11.8 Å². The number of alkyl halides is 1. The Hall–Kier alpha value is -1.58. The molecule has 3 fully saturated rings. The third kappa shape index (κ3) is 3.17. The van der Waals surface area contributed by atoms with Crippen molar-refractivity contribution in [1.29, 1.82) is 0 Å². The number of hydrogen-bond donors (Lipinski definition) is 3. The Labute approximate surface area is 188 Å². The van der Waals surface area contributed by atoms with Crippen molar-refractivity contribution in [2.75, 3.05) is 13.7 Å². The lowest BCUT2D eigenvalue weighted by molar-refractivity contribution is -0.142. The van der Waals surface area contributed by atoms with Crippen molar-refractivity contribution in [3.05, 3.63) is 35.9 Å². The van der Waals surface area contributed by atoms with Crippen molar-refractivity contribution in [1.82, 2.24) is 15.5 Å². The van der Waals surface area contributed by atoms with Crippen LogP contribution in [0.2, 0.25) is 0 Å². The zero-order valence-electron chi connectivity index (χ0n) is 16.9. The highest BCUT2D eigenvalue weighted by Crippen LogP contribution is 2.67. The Balaban J connectivity index is 1.69. The van der Waals surface area contributed by atoms with E-state index in [4.69, 9.17) is 0 Å². The van der Waals surface area contributed by atoms with Gasteiger partial charge in [0.2, 0.25) is 17.7 Å². The molecule has 3 aliphatic heterocycles. The summed E-state index contributed by atoms with van der Waals surface area (Å²) in [5.41, 5.74) is 0.968. The van der Waals surface area contributed by atoms with Gasteiger partial charge in [-0.2, -0.15) is 0 Å². The van der Waals surface area contributed by atoms with Crippen LogP contribution in [-0.2, 0) is 20.9 Å². The van der Waals surface area contributed by atoms with E-state index >= 15 is 0 Å². The summed E-state index contributed by atoms with van der Waals surface area (Å²) in [5, 5.41) is 15.4. The van der Waals surface area contributed by atoms with Gasteiger partial charge in [-0.25, -0.2) is 0 Å². The van der Waals surface area contributed by atoms with Gasteiger partial charge in [0.05, 0.1) is 29.2 Å². The van der Waals surface area contributed by atoms with Crippen LogP contribution in [0.1, 0.15) is 18.9 Å². The maximum Gasteiger partial charge on any atom is 0.244 e. The molecule has 162 valence electrons. The first kappa shape index (κ1) is 21.6. The molecular formula is C21H26BrN3O4S. The van der Waals surface area contributed by atoms with Gasteiger partial charge in [-0.05, 0) is 18.9 Å². The molecule has 1 aromatic rings. The molecule has 7 atom stereocenters. The average Bonchev–Trinajstić information content (AvgIpc) is 3.35. The first-order valence-corrected chi connectivity index (χ1v) is 11.9. The second kappa shape index (κ2) is 8.16. The number of rotatable bonds is 6. The quantitative estimate of drug-likeness (QED) is 0.509. The number of nitrogens with one attached hydrogen (secondary N) is 2. The minimum Gasteiger partial charge on any atom is -0.394 e. The number of hydrogen-bond acceptors (Lipinski definition) is 5. The van der Waals surface area contributed by atoms with Crippen LogP contribution in [0.25, 0.3) is 0 Å². The lowest BCUT2D eigenvalue weighted by Gasteiger charge is -2.36. The minimum absolute atomic E-state index is 0.0441. The number of halogens is 1. The summed E-state index contributed by atoms with van der Waals surface area (Å²) >= 11 is 5.29. The maximum atomic E-state index is 13.5. The van der Waals surface area contributed by atoms with Crippen molar-refractivity contribution in [3.63, 3.8) is 0 Å². The van der Waals surface area contributed by atoms with Crippen molar-refractivity contribution in [2.45, 2.75) is 46.8 Å². The molecule has 3 N–H and O–H groups in total. The number of benzene rings is 1. The molecular weight excluding hydrogens is 470 g/mol. The van der Waals surface area contributed by atoms with Crippen LogP contribution >= 0.6 is 27.7 Å². The van der Waals surface area contributed by atoms with E-state index in [0.717, 1.165) is 5.56 Å². The third-order valence-corrected chi connectivity index (χ3v) is 9.79. The fourth-order valence-corrected chi connectivity index (χ4v) is 8.88. The standard InChI is InChI=1S/C21H26BrN3O4S/c1-11(10-26)25-17(19(28)24-9-12-6-4-3-5-7-12)21-8-13(22)16(30-21)14(18(27)23-2)15(21)20(25)29/h3-7,11,13-17,26H,8-10H2,1-2H3,(H,23,27)(H,24,28)/t11-,13?,14-,15+,16-,17?,21?/m1/s1. The van der Waals surface area contributed by atoms with E-state index < -0.39 is 28.7 Å². The number of aliphatic hydroxyl groups excluding tert-OH is 1. The predicted molar refractivity (Wildman–Crippen MR) is 118 cm³/mol. The number of thioether (sulfide) groups is 1. The minimum atomic E-state index is -0.731. The normalized spacial score (nSPS) is 35.3. The Morgan fingerprint density at radius 3 is 2.67 bits per heavy atom. The van der Waals surface area contributed by atoms with Gasteiger partial charge < -0.3 is 20.6 Å².